The number of amides is 2. The van der Waals surface area contributed by atoms with E-state index in [0.29, 0.717) is 46.4 Å². The fourth-order valence-corrected chi connectivity index (χ4v) is 4.51. The monoisotopic (exact) mass is 440 g/mol. The summed E-state index contributed by atoms with van der Waals surface area (Å²) in [5, 5.41) is 0.555. The lowest BCUT2D eigenvalue weighted by atomic mass is 10.0. The van der Waals surface area contributed by atoms with Crippen LogP contribution in [0.5, 0.6) is 5.75 Å². The Hall–Kier alpha value is -2.83. The summed E-state index contributed by atoms with van der Waals surface area (Å²) < 4.78 is 11.1. The Kier molecular flexibility index (Phi) is 5.77. The molecule has 7 heteroatoms. The van der Waals surface area contributed by atoms with Gasteiger partial charge in [-0.2, -0.15) is 0 Å². The lowest BCUT2D eigenvalue weighted by Crippen LogP contribution is -2.47. The van der Waals surface area contributed by atoms with Crippen LogP contribution in [0.1, 0.15) is 25.0 Å². The van der Waals surface area contributed by atoms with Crippen molar-refractivity contribution in [1.29, 1.82) is 0 Å². The molecule has 2 aliphatic heterocycles. The van der Waals surface area contributed by atoms with Crippen LogP contribution < -0.4 is 9.64 Å². The average Bonchev–Trinajstić information content (AvgIpc) is 2.98. The minimum absolute atomic E-state index is 0.0532. The van der Waals surface area contributed by atoms with Crippen LogP contribution in [-0.2, 0) is 14.3 Å². The van der Waals surface area contributed by atoms with E-state index in [-0.39, 0.29) is 24.0 Å². The summed E-state index contributed by atoms with van der Waals surface area (Å²) in [5.74, 6) is 0.00613. The Morgan fingerprint density at radius 1 is 1.00 bits per heavy atom. The molecule has 0 N–H and O–H groups in total. The molecule has 2 heterocycles. The molecule has 0 saturated carbocycles. The molecule has 1 fully saturated rings. The quantitative estimate of drug-likeness (QED) is 0.671. The maximum atomic E-state index is 13.7. The first-order chi connectivity index (χ1) is 14.8. The van der Waals surface area contributed by atoms with Crippen LogP contribution in [0.25, 0.3) is 5.57 Å². The lowest BCUT2D eigenvalue weighted by Gasteiger charge is -2.37. The minimum Gasteiger partial charge on any atom is -0.497 e. The van der Waals surface area contributed by atoms with E-state index in [1.54, 1.807) is 37.4 Å². The Morgan fingerprint density at radius 3 is 2.23 bits per heavy atom. The SMILES string of the molecule is COc1ccc(C2=C(N3CC(C)OC(C)C3)C(=O)N(c3ccc(Cl)cc3C)C2=O)cc1. The largest absolute Gasteiger partial charge is 0.497 e. The van der Waals surface area contributed by atoms with E-state index in [0.717, 1.165) is 5.56 Å². The zero-order valence-corrected chi connectivity index (χ0v) is 18.8. The van der Waals surface area contributed by atoms with Crippen LogP contribution in [0, 0.1) is 6.92 Å². The molecule has 2 atom stereocenters. The van der Waals surface area contributed by atoms with E-state index in [9.17, 15) is 9.59 Å². The third-order valence-corrected chi connectivity index (χ3v) is 5.81. The summed E-state index contributed by atoms with van der Waals surface area (Å²) in [7, 11) is 1.59. The van der Waals surface area contributed by atoms with Crippen molar-refractivity contribution in [1.82, 2.24) is 4.90 Å². The molecule has 2 aromatic carbocycles. The smallest absolute Gasteiger partial charge is 0.282 e. The van der Waals surface area contributed by atoms with E-state index in [2.05, 4.69) is 0 Å². The Morgan fingerprint density at radius 2 is 1.65 bits per heavy atom. The van der Waals surface area contributed by atoms with E-state index >= 15 is 0 Å². The average molecular weight is 441 g/mol. The summed E-state index contributed by atoms with van der Waals surface area (Å²) in [6, 6.07) is 12.4. The maximum absolute atomic E-state index is 13.7. The molecule has 0 bridgehead atoms. The van der Waals surface area contributed by atoms with Crippen molar-refractivity contribution in [2.75, 3.05) is 25.1 Å². The number of hydrogen-bond donors (Lipinski definition) is 0. The van der Waals surface area contributed by atoms with Crippen LogP contribution in [0.4, 0.5) is 5.69 Å². The number of imide groups is 1. The number of morpholine rings is 1. The third-order valence-electron chi connectivity index (χ3n) is 5.57. The highest BCUT2D eigenvalue weighted by Crippen LogP contribution is 2.38. The summed E-state index contributed by atoms with van der Waals surface area (Å²) in [4.78, 5) is 30.6. The number of benzene rings is 2. The number of halogens is 1. The topological polar surface area (TPSA) is 59.1 Å². The highest BCUT2D eigenvalue weighted by Gasteiger charge is 2.44. The Balaban J connectivity index is 1.84. The van der Waals surface area contributed by atoms with Crippen molar-refractivity contribution in [3.63, 3.8) is 0 Å². The minimum atomic E-state index is -0.345. The van der Waals surface area contributed by atoms with Gasteiger partial charge in [-0.1, -0.05) is 23.7 Å². The summed E-state index contributed by atoms with van der Waals surface area (Å²) in [6.07, 6.45) is -0.106. The lowest BCUT2D eigenvalue weighted by molar-refractivity contribution is -0.121. The van der Waals surface area contributed by atoms with Crippen molar-refractivity contribution in [2.24, 2.45) is 0 Å². The predicted molar refractivity (Wildman–Crippen MR) is 120 cm³/mol. The van der Waals surface area contributed by atoms with Gasteiger partial charge in [0, 0.05) is 18.1 Å². The second kappa shape index (κ2) is 8.36. The van der Waals surface area contributed by atoms with Crippen molar-refractivity contribution in [3.05, 3.63) is 64.3 Å². The summed E-state index contributed by atoms with van der Waals surface area (Å²) >= 11 is 6.10. The van der Waals surface area contributed by atoms with Gasteiger partial charge in [0.05, 0.1) is 30.6 Å². The highest BCUT2D eigenvalue weighted by atomic mass is 35.5. The molecule has 2 aliphatic rings. The molecule has 0 spiro atoms. The second-order valence-corrected chi connectivity index (χ2v) is 8.43. The van der Waals surface area contributed by atoms with Gasteiger partial charge in [-0.15, -0.1) is 0 Å². The molecular weight excluding hydrogens is 416 g/mol. The number of ether oxygens (including phenoxy) is 2. The van der Waals surface area contributed by atoms with E-state index in [1.165, 1.54) is 4.90 Å². The Labute approximate surface area is 187 Å². The second-order valence-electron chi connectivity index (χ2n) is 7.99. The predicted octanol–water partition coefficient (Wildman–Crippen LogP) is 4.05. The molecule has 2 aromatic rings. The number of carbonyl (C=O) groups is 2. The van der Waals surface area contributed by atoms with Gasteiger partial charge in [0.2, 0.25) is 0 Å². The van der Waals surface area contributed by atoms with Crippen molar-refractivity contribution < 1.29 is 19.1 Å². The number of anilines is 1. The molecule has 2 unspecified atom stereocenters. The van der Waals surface area contributed by atoms with Gasteiger partial charge in [-0.3, -0.25) is 9.59 Å². The van der Waals surface area contributed by atoms with Gasteiger partial charge >= 0.3 is 0 Å². The molecular formula is C24H25ClN2O4. The van der Waals surface area contributed by atoms with Gasteiger partial charge in [0.1, 0.15) is 11.4 Å². The molecule has 0 aromatic heterocycles. The zero-order chi connectivity index (χ0) is 22.3. The number of nitrogens with zero attached hydrogens (tertiary/aromatic N) is 2. The summed E-state index contributed by atoms with van der Waals surface area (Å²) in [6.45, 7) is 6.85. The van der Waals surface area contributed by atoms with Crippen LogP contribution in [-0.4, -0.2) is 49.1 Å². The third kappa shape index (κ3) is 3.93. The number of aryl methyl sites for hydroxylation is 1. The van der Waals surface area contributed by atoms with Crippen LogP contribution in [0.15, 0.2) is 48.2 Å². The van der Waals surface area contributed by atoms with Crippen LogP contribution in [0.2, 0.25) is 5.02 Å². The van der Waals surface area contributed by atoms with Crippen molar-refractivity contribution >= 4 is 34.7 Å². The number of rotatable bonds is 4. The van der Waals surface area contributed by atoms with Crippen LogP contribution in [0.3, 0.4) is 0 Å². The maximum Gasteiger partial charge on any atom is 0.282 e. The fourth-order valence-electron chi connectivity index (χ4n) is 4.28. The Bertz CT molecular complexity index is 1050. The van der Waals surface area contributed by atoms with Gasteiger partial charge in [-0.05, 0) is 62.2 Å². The molecule has 4 rings (SSSR count). The van der Waals surface area contributed by atoms with Gasteiger partial charge < -0.3 is 14.4 Å². The standard InChI is InChI=1S/C24H25ClN2O4/c1-14-11-18(25)7-10-20(14)27-23(28)21(17-5-8-19(30-4)9-6-17)22(24(27)29)26-12-15(2)31-16(3)13-26/h5-11,15-16H,12-13H2,1-4H3. The van der Waals surface area contributed by atoms with E-state index < -0.39 is 0 Å². The first kappa shape index (κ1) is 21.4. The molecule has 162 valence electrons. The molecule has 6 nitrogen and oxygen atoms in total. The van der Waals surface area contributed by atoms with Crippen molar-refractivity contribution in [3.8, 4) is 5.75 Å². The first-order valence-electron chi connectivity index (χ1n) is 10.2. The van der Waals surface area contributed by atoms with Gasteiger partial charge in [0.15, 0.2) is 0 Å². The normalized spacial score (nSPS) is 21.8. The number of methoxy groups -OCH3 is 1. The highest BCUT2D eigenvalue weighted by molar-refractivity contribution is 6.45. The fraction of sp³-hybridized carbons (Fsp3) is 0.333. The van der Waals surface area contributed by atoms with Gasteiger partial charge in [0.25, 0.3) is 11.8 Å². The van der Waals surface area contributed by atoms with Crippen molar-refractivity contribution in [2.45, 2.75) is 33.0 Å². The molecule has 0 aliphatic carbocycles. The van der Waals surface area contributed by atoms with Crippen LogP contribution >= 0.6 is 11.6 Å². The molecule has 31 heavy (non-hydrogen) atoms. The van der Waals surface area contributed by atoms with E-state index in [1.807, 2.05) is 37.8 Å². The summed E-state index contributed by atoms with van der Waals surface area (Å²) in [5.41, 5.74) is 2.77. The first-order valence-corrected chi connectivity index (χ1v) is 10.6. The van der Waals surface area contributed by atoms with Gasteiger partial charge in [-0.25, -0.2) is 4.90 Å². The zero-order valence-electron chi connectivity index (χ0n) is 18.0. The molecule has 2 amide bonds. The number of carbonyl (C=O) groups excluding carboxylic acids is 2. The molecule has 1 saturated heterocycles. The van der Waals surface area contributed by atoms with E-state index in [4.69, 9.17) is 21.1 Å². The number of hydrogen-bond acceptors (Lipinski definition) is 5. The molecule has 0 radical (unpaired) electrons.